The molecule has 3 rings (SSSR count). The quantitative estimate of drug-likeness (QED) is 0.934. The average Bonchev–Trinajstić information content (AvgIpc) is 2.53. The summed E-state index contributed by atoms with van der Waals surface area (Å²) in [4.78, 5) is 0. The second kappa shape index (κ2) is 6.29. The normalized spacial score (nSPS) is 18.9. The highest BCUT2D eigenvalue weighted by molar-refractivity contribution is 5.32. The smallest absolute Gasteiger partial charge is 0.119 e. The number of benzene rings is 2. The maximum absolute atomic E-state index is 9.62. The van der Waals surface area contributed by atoms with Gasteiger partial charge in [0.25, 0.3) is 0 Å². The van der Waals surface area contributed by atoms with Crippen LogP contribution < -0.4 is 4.74 Å². The zero-order valence-electron chi connectivity index (χ0n) is 12.2. The number of hydrogen-bond acceptors (Lipinski definition) is 3. The molecule has 0 bridgehead atoms. The fourth-order valence-electron chi connectivity index (χ4n) is 2.65. The van der Waals surface area contributed by atoms with Crippen molar-refractivity contribution in [1.82, 2.24) is 0 Å². The van der Waals surface area contributed by atoms with Crippen LogP contribution in [0.25, 0.3) is 0 Å². The van der Waals surface area contributed by atoms with Crippen molar-refractivity contribution in [2.24, 2.45) is 0 Å². The minimum absolute atomic E-state index is 0.0230. The van der Waals surface area contributed by atoms with Gasteiger partial charge in [0.15, 0.2) is 0 Å². The van der Waals surface area contributed by atoms with Gasteiger partial charge in [-0.3, -0.25) is 0 Å². The maximum Gasteiger partial charge on any atom is 0.119 e. The van der Waals surface area contributed by atoms with Gasteiger partial charge in [0.05, 0.1) is 12.7 Å². The molecule has 3 heteroatoms. The summed E-state index contributed by atoms with van der Waals surface area (Å²) in [6, 6.07) is 15.9. The van der Waals surface area contributed by atoms with E-state index in [1.165, 1.54) is 11.1 Å². The lowest BCUT2D eigenvalue weighted by molar-refractivity contribution is 0.0101. The summed E-state index contributed by atoms with van der Waals surface area (Å²) >= 11 is 0. The van der Waals surface area contributed by atoms with Gasteiger partial charge in [-0.15, -0.1) is 0 Å². The van der Waals surface area contributed by atoms with Crippen LogP contribution in [-0.2, 0) is 11.2 Å². The molecule has 0 radical (unpaired) electrons. The van der Waals surface area contributed by atoms with Crippen LogP contribution in [0.15, 0.2) is 48.5 Å². The molecule has 2 aromatic rings. The minimum atomic E-state index is -0.486. The van der Waals surface area contributed by atoms with Gasteiger partial charge in [0.2, 0.25) is 0 Å². The molecule has 1 heterocycles. The lowest BCUT2D eigenvalue weighted by atomic mass is 9.98. The summed E-state index contributed by atoms with van der Waals surface area (Å²) in [6.07, 6.45) is 0.454. The molecule has 2 aromatic carbocycles. The monoisotopic (exact) mass is 284 g/mol. The molecule has 1 aliphatic rings. The maximum atomic E-state index is 9.62. The summed E-state index contributed by atoms with van der Waals surface area (Å²) in [5.74, 6) is 0.764. The highest BCUT2D eigenvalue weighted by Gasteiger charge is 2.21. The SMILES string of the molecule is C[C@@H](O)c1cccc(OCC2OCCc3ccccc32)c1. The lowest BCUT2D eigenvalue weighted by Gasteiger charge is -2.26. The van der Waals surface area contributed by atoms with E-state index in [9.17, 15) is 5.11 Å². The van der Waals surface area contributed by atoms with Crippen molar-refractivity contribution >= 4 is 0 Å². The van der Waals surface area contributed by atoms with Crippen LogP contribution in [0.2, 0.25) is 0 Å². The van der Waals surface area contributed by atoms with E-state index in [0.717, 1.165) is 24.3 Å². The average molecular weight is 284 g/mol. The first-order valence-electron chi connectivity index (χ1n) is 7.34. The first kappa shape index (κ1) is 14.1. The molecule has 1 unspecified atom stereocenters. The summed E-state index contributed by atoms with van der Waals surface area (Å²) in [5.41, 5.74) is 3.42. The molecule has 3 nitrogen and oxygen atoms in total. The molecule has 0 saturated carbocycles. The molecule has 0 saturated heterocycles. The third kappa shape index (κ3) is 3.26. The van der Waals surface area contributed by atoms with Gasteiger partial charge in [-0.25, -0.2) is 0 Å². The predicted molar refractivity (Wildman–Crippen MR) is 81.4 cm³/mol. The molecule has 0 aliphatic carbocycles. The van der Waals surface area contributed by atoms with Gasteiger partial charge in [0.1, 0.15) is 18.5 Å². The fraction of sp³-hybridized carbons (Fsp3) is 0.333. The van der Waals surface area contributed by atoms with Crippen LogP contribution in [-0.4, -0.2) is 18.3 Å². The number of hydrogen-bond donors (Lipinski definition) is 1. The van der Waals surface area contributed by atoms with Crippen molar-refractivity contribution in [3.63, 3.8) is 0 Å². The Bertz CT molecular complexity index is 607. The van der Waals surface area contributed by atoms with E-state index in [1.54, 1.807) is 6.92 Å². The summed E-state index contributed by atoms with van der Waals surface area (Å²) in [7, 11) is 0. The molecule has 1 N–H and O–H groups in total. The Morgan fingerprint density at radius 3 is 2.95 bits per heavy atom. The van der Waals surface area contributed by atoms with E-state index >= 15 is 0 Å². The van der Waals surface area contributed by atoms with E-state index in [0.29, 0.717) is 6.61 Å². The Balaban J connectivity index is 1.70. The molecular formula is C18H20O3. The van der Waals surface area contributed by atoms with Crippen molar-refractivity contribution in [2.45, 2.75) is 25.6 Å². The highest BCUT2D eigenvalue weighted by atomic mass is 16.5. The molecule has 0 fully saturated rings. The fourth-order valence-corrected chi connectivity index (χ4v) is 2.65. The number of fused-ring (bicyclic) bond motifs is 1. The highest BCUT2D eigenvalue weighted by Crippen LogP contribution is 2.28. The van der Waals surface area contributed by atoms with Crippen molar-refractivity contribution in [1.29, 1.82) is 0 Å². The van der Waals surface area contributed by atoms with Gasteiger partial charge in [-0.2, -0.15) is 0 Å². The Labute approximate surface area is 125 Å². The van der Waals surface area contributed by atoms with Gasteiger partial charge >= 0.3 is 0 Å². The van der Waals surface area contributed by atoms with Crippen LogP contribution in [0, 0.1) is 0 Å². The van der Waals surface area contributed by atoms with Gasteiger partial charge in [0, 0.05) is 0 Å². The van der Waals surface area contributed by atoms with Crippen molar-refractivity contribution in [3.8, 4) is 5.75 Å². The van der Waals surface area contributed by atoms with E-state index < -0.39 is 6.10 Å². The second-order valence-electron chi connectivity index (χ2n) is 5.37. The zero-order chi connectivity index (χ0) is 14.7. The van der Waals surface area contributed by atoms with Crippen LogP contribution in [0.3, 0.4) is 0 Å². The minimum Gasteiger partial charge on any atom is -0.491 e. The molecule has 0 amide bonds. The lowest BCUT2D eigenvalue weighted by Crippen LogP contribution is -2.21. The Kier molecular flexibility index (Phi) is 4.23. The van der Waals surface area contributed by atoms with Crippen LogP contribution in [0.1, 0.15) is 35.8 Å². The topological polar surface area (TPSA) is 38.7 Å². The number of ether oxygens (including phenoxy) is 2. The largest absolute Gasteiger partial charge is 0.491 e. The van der Waals surface area contributed by atoms with E-state index in [4.69, 9.17) is 9.47 Å². The van der Waals surface area contributed by atoms with E-state index in [-0.39, 0.29) is 6.10 Å². The van der Waals surface area contributed by atoms with Crippen LogP contribution in [0.5, 0.6) is 5.75 Å². The first-order chi connectivity index (χ1) is 10.2. The van der Waals surface area contributed by atoms with Crippen molar-refractivity contribution < 1.29 is 14.6 Å². The summed E-state index contributed by atoms with van der Waals surface area (Å²) in [6.45, 7) is 2.97. The van der Waals surface area contributed by atoms with Gasteiger partial charge in [-0.1, -0.05) is 36.4 Å². The van der Waals surface area contributed by atoms with E-state index in [2.05, 4.69) is 18.2 Å². The third-order valence-electron chi connectivity index (χ3n) is 3.83. The number of rotatable bonds is 4. The van der Waals surface area contributed by atoms with Crippen LogP contribution in [0.4, 0.5) is 0 Å². The van der Waals surface area contributed by atoms with Crippen molar-refractivity contribution in [3.05, 3.63) is 65.2 Å². The third-order valence-corrected chi connectivity index (χ3v) is 3.83. The van der Waals surface area contributed by atoms with E-state index in [1.807, 2.05) is 30.3 Å². The Morgan fingerprint density at radius 2 is 2.10 bits per heavy atom. The zero-order valence-corrected chi connectivity index (χ0v) is 12.2. The predicted octanol–water partition coefficient (Wildman–Crippen LogP) is 3.43. The van der Waals surface area contributed by atoms with Crippen molar-refractivity contribution in [2.75, 3.05) is 13.2 Å². The van der Waals surface area contributed by atoms with Gasteiger partial charge in [-0.05, 0) is 42.2 Å². The first-order valence-corrected chi connectivity index (χ1v) is 7.34. The molecule has 0 aromatic heterocycles. The second-order valence-corrected chi connectivity index (χ2v) is 5.37. The number of aliphatic hydroxyl groups is 1. The molecular weight excluding hydrogens is 264 g/mol. The molecule has 21 heavy (non-hydrogen) atoms. The Hall–Kier alpha value is -1.84. The summed E-state index contributed by atoms with van der Waals surface area (Å²) in [5, 5.41) is 9.62. The molecule has 2 atom stereocenters. The molecule has 0 spiro atoms. The number of aliphatic hydroxyl groups excluding tert-OH is 1. The standard InChI is InChI=1S/C18H20O3/c1-13(19)15-6-4-7-16(11-15)21-12-18-17-8-3-2-5-14(17)9-10-20-18/h2-8,11,13,18-19H,9-10,12H2,1H3/t13-,18?/m1/s1. The Morgan fingerprint density at radius 1 is 1.24 bits per heavy atom. The summed E-state index contributed by atoms with van der Waals surface area (Å²) < 4.78 is 11.7. The van der Waals surface area contributed by atoms with Crippen LogP contribution >= 0.6 is 0 Å². The molecule has 1 aliphatic heterocycles. The molecule has 110 valence electrons. The van der Waals surface area contributed by atoms with Gasteiger partial charge < -0.3 is 14.6 Å².